The molecule has 160 valence electrons. The maximum absolute atomic E-state index is 13.0. The van der Waals surface area contributed by atoms with Gasteiger partial charge in [-0.05, 0) is 61.6 Å². The van der Waals surface area contributed by atoms with Crippen LogP contribution in [0.5, 0.6) is 0 Å². The van der Waals surface area contributed by atoms with E-state index in [2.05, 4.69) is 17.1 Å². The standard InChI is InChI=1S/C21H23FN2O3S3/c1-14-12-15(2)20-18(13-14)24(9-10-28-3)21(29-20)23-19(25)8-11-30(26,27)17-6-4-16(22)5-7-17/h4-7,12-13H,8-11H2,1-3H3. The number of sulfone groups is 1. The molecule has 30 heavy (non-hydrogen) atoms. The molecule has 0 aliphatic rings. The number of carbonyl (C=O) groups excluding carboxylic acids is 1. The fraction of sp³-hybridized carbons (Fsp3) is 0.333. The number of thiazole rings is 1. The third-order valence-electron chi connectivity index (χ3n) is 4.61. The highest BCUT2D eigenvalue weighted by molar-refractivity contribution is 7.98. The van der Waals surface area contributed by atoms with Gasteiger partial charge in [0.15, 0.2) is 14.6 Å². The van der Waals surface area contributed by atoms with Crippen LogP contribution in [-0.2, 0) is 21.2 Å². The zero-order valence-electron chi connectivity index (χ0n) is 17.0. The van der Waals surface area contributed by atoms with Gasteiger partial charge in [-0.3, -0.25) is 4.79 Å². The van der Waals surface area contributed by atoms with Gasteiger partial charge in [-0.1, -0.05) is 17.4 Å². The SMILES string of the molecule is CSCCn1c(=NC(=O)CCS(=O)(=O)c2ccc(F)cc2)sc2c(C)cc(C)cc21. The smallest absolute Gasteiger partial charge is 0.249 e. The minimum Gasteiger partial charge on any atom is -0.315 e. The molecule has 0 saturated heterocycles. The van der Waals surface area contributed by atoms with Gasteiger partial charge < -0.3 is 4.57 Å². The van der Waals surface area contributed by atoms with Crippen LogP contribution in [0.3, 0.4) is 0 Å². The highest BCUT2D eigenvalue weighted by Crippen LogP contribution is 2.24. The van der Waals surface area contributed by atoms with Gasteiger partial charge in [-0.15, -0.1) is 0 Å². The molecule has 3 rings (SSSR count). The van der Waals surface area contributed by atoms with Crippen molar-refractivity contribution >= 4 is 49.1 Å². The van der Waals surface area contributed by atoms with Crippen LogP contribution in [0, 0.1) is 19.7 Å². The van der Waals surface area contributed by atoms with Gasteiger partial charge in [0, 0.05) is 18.7 Å². The van der Waals surface area contributed by atoms with E-state index in [9.17, 15) is 17.6 Å². The number of amides is 1. The van der Waals surface area contributed by atoms with E-state index in [1.54, 1.807) is 11.8 Å². The van der Waals surface area contributed by atoms with Crippen LogP contribution in [0.25, 0.3) is 10.2 Å². The van der Waals surface area contributed by atoms with E-state index < -0.39 is 21.6 Å². The Morgan fingerprint density at radius 3 is 2.57 bits per heavy atom. The van der Waals surface area contributed by atoms with Gasteiger partial charge >= 0.3 is 0 Å². The summed E-state index contributed by atoms with van der Waals surface area (Å²) in [5, 5.41) is 0. The van der Waals surface area contributed by atoms with Crippen molar-refractivity contribution in [1.29, 1.82) is 0 Å². The zero-order valence-corrected chi connectivity index (χ0v) is 19.5. The normalized spacial score (nSPS) is 12.6. The second kappa shape index (κ2) is 9.45. The van der Waals surface area contributed by atoms with Crippen molar-refractivity contribution in [2.45, 2.75) is 31.7 Å². The average Bonchev–Trinajstić information content (AvgIpc) is 3.02. The Hall–Kier alpha value is -1.97. The number of benzene rings is 2. The Bertz CT molecular complexity index is 1240. The lowest BCUT2D eigenvalue weighted by atomic mass is 10.1. The van der Waals surface area contributed by atoms with Crippen LogP contribution in [0.15, 0.2) is 46.3 Å². The van der Waals surface area contributed by atoms with Crippen molar-refractivity contribution in [3.63, 3.8) is 0 Å². The van der Waals surface area contributed by atoms with Crippen LogP contribution in [0.1, 0.15) is 17.5 Å². The van der Waals surface area contributed by atoms with Crippen LogP contribution in [0.2, 0.25) is 0 Å². The molecule has 0 N–H and O–H groups in total. The molecule has 0 spiro atoms. The molecule has 1 heterocycles. The lowest BCUT2D eigenvalue weighted by Gasteiger charge is -2.06. The predicted octanol–water partition coefficient (Wildman–Crippen LogP) is 4.11. The van der Waals surface area contributed by atoms with Crippen LogP contribution >= 0.6 is 23.1 Å². The summed E-state index contributed by atoms with van der Waals surface area (Å²) in [6, 6.07) is 8.78. The zero-order chi connectivity index (χ0) is 21.9. The molecule has 3 aromatic rings. The monoisotopic (exact) mass is 466 g/mol. The molecular formula is C21H23FN2O3S3. The van der Waals surface area contributed by atoms with Gasteiger partial charge in [0.2, 0.25) is 5.91 Å². The first kappa shape index (κ1) is 22.7. The van der Waals surface area contributed by atoms with Gasteiger partial charge in [0.25, 0.3) is 0 Å². The van der Waals surface area contributed by atoms with E-state index in [1.165, 1.54) is 23.5 Å². The number of nitrogens with zero attached hydrogens (tertiary/aromatic N) is 2. The first-order chi connectivity index (χ1) is 14.2. The fourth-order valence-electron chi connectivity index (χ4n) is 3.14. The van der Waals surface area contributed by atoms with Crippen LogP contribution in [-0.4, -0.2) is 36.7 Å². The number of aromatic nitrogens is 1. The molecule has 1 amide bonds. The molecule has 5 nitrogen and oxygen atoms in total. The van der Waals surface area contributed by atoms with Crippen molar-refractivity contribution in [1.82, 2.24) is 4.57 Å². The van der Waals surface area contributed by atoms with E-state index in [1.807, 2.05) is 24.7 Å². The molecule has 1 aromatic heterocycles. The lowest BCUT2D eigenvalue weighted by molar-refractivity contribution is -0.117. The molecule has 0 radical (unpaired) electrons. The van der Waals surface area contributed by atoms with E-state index in [4.69, 9.17) is 0 Å². The average molecular weight is 467 g/mol. The molecule has 0 fully saturated rings. The number of rotatable bonds is 7. The number of hydrogen-bond donors (Lipinski definition) is 0. The number of halogens is 1. The molecule has 0 saturated carbocycles. The summed E-state index contributed by atoms with van der Waals surface area (Å²) in [6.07, 6.45) is 1.79. The third kappa shape index (κ3) is 5.19. The Labute approximate surface area is 183 Å². The number of fused-ring (bicyclic) bond motifs is 1. The second-order valence-corrected chi connectivity index (χ2v) is 11.1. The number of carbonyl (C=O) groups is 1. The van der Waals surface area contributed by atoms with Gasteiger partial charge in [-0.25, -0.2) is 12.8 Å². The summed E-state index contributed by atoms with van der Waals surface area (Å²) in [4.78, 5) is 17.3. The molecule has 2 aromatic carbocycles. The van der Waals surface area contributed by atoms with Gasteiger partial charge in [0.1, 0.15) is 5.82 Å². The first-order valence-electron chi connectivity index (χ1n) is 9.36. The first-order valence-corrected chi connectivity index (χ1v) is 13.2. The quantitative estimate of drug-likeness (QED) is 0.492. The van der Waals surface area contributed by atoms with Gasteiger partial charge in [-0.2, -0.15) is 16.8 Å². The number of thioether (sulfide) groups is 1. The third-order valence-corrected chi connectivity index (χ3v) is 8.16. The van der Waals surface area contributed by atoms with Crippen LogP contribution in [0.4, 0.5) is 4.39 Å². The summed E-state index contributed by atoms with van der Waals surface area (Å²) in [6.45, 7) is 4.78. The van der Waals surface area contributed by atoms with Crippen molar-refractivity contribution in [3.8, 4) is 0 Å². The predicted molar refractivity (Wildman–Crippen MR) is 121 cm³/mol. The molecule has 0 unspecified atom stereocenters. The Morgan fingerprint density at radius 2 is 1.90 bits per heavy atom. The van der Waals surface area contributed by atoms with E-state index in [0.29, 0.717) is 11.3 Å². The van der Waals surface area contributed by atoms with Crippen molar-refractivity contribution < 1.29 is 17.6 Å². The molecular weight excluding hydrogens is 443 g/mol. The van der Waals surface area contributed by atoms with E-state index in [0.717, 1.165) is 39.2 Å². The van der Waals surface area contributed by atoms with Crippen LogP contribution < -0.4 is 4.80 Å². The Balaban J connectivity index is 1.89. The molecule has 0 atom stereocenters. The molecule has 0 aliphatic carbocycles. The second-order valence-electron chi connectivity index (χ2n) is 6.99. The highest BCUT2D eigenvalue weighted by atomic mass is 32.2. The lowest BCUT2D eigenvalue weighted by Crippen LogP contribution is -2.19. The maximum Gasteiger partial charge on any atom is 0.249 e. The minimum atomic E-state index is -3.68. The highest BCUT2D eigenvalue weighted by Gasteiger charge is 2.17. The largest absolute Gasteiger partial charge is 0.315 e. The van der Waals surface area contributed by atoms with E-state index in [-0.39, 0.29) is 17.1 Å². The fourth-order valence-corrected chi connectivity index (χ4v) is 5.86. The number of aryl methyl sites for hydroxylation is 3. The van der Waals surface area contributed by atoms with Gasteiger partial charge in [0.05, 0.1) is 20.9 Å². The van der Waals surface area contributed by atoms with E-state index >= 15 is 0 Å². The molecule has 0 aliphatic heterocycles. The number of hydrogen-bond acceptors (Lipinski definition) is 5. The Kier molecular flexibility index (Phi) is 7.15. The summed E-state index contributed by atoms with van der Waals surface area (Å²) in [7, 11) is -3.68. The maximum atomic E-state index is 13.0. The summed E-state index contributed by atoms with van der Waals surface area (Å²) < 4.78 is 41.0. The van der Waals surface area contributed by atoms with Crippen molar-refractivity contribution in [2.24, 2.45) is 4.99 Å². The summed E-state index contributed by atoms with van der Waals surface area (Å²) in [5.41, 5.74) is 3.30. The Morgan fingerprint density at radius 1 is 1.20 bits per heavy atom. The van der Waals surface area contributed by atoms with Crippen molar-refractivity contribution in [3.05, 3.63) is 58.1 Å². The topological polar surface area (TPSA) is 68.5 Å². The molecule has 9 heteroatoms. The molecule has 0 bridgehead atoms. The summed E-state index contributed by atoms with van der Waals surface area (Å²) in [5.74, 6) is -0.488. The summed E-state index contributed by atoms with van der Waals surface area (Å²) >= 11 is 3.15. The van der Waals surface area contributed by atoms with Crippen molar-refractivity contribution in [2.75, 3.05) is 17.8 Å². The minimum absolute atomic E-state index is 0.000281.